The van der Waals surface area contributed by atoms with Gasteiger partial charge in [-0.2, -0.15) is 0 Å². The van der Waals surface area contributed by atoms with Gasteiger partial charge in [0.25, 0.3) is 0 Å². The Hall–Kier alpha value is -2.99. The number of rotatable bonds is 6. The molecule has 3 aromatic carbocycles. The molecule has 0 amide bonds. The molecule has 1 atom stereocenters. The fraction of sp³-hybridized carbons (Fsp3) is 0.182. The third-order valence-corrected chi connectivity index (χ3v) is 4.61. The molecule has 0 aromatic heterocycles. The van der Waals surface area contributed by atoms with E-state index in [0.717, 1.165) is 0 Å². The molecule has 144 valence electrons. The van der Waals surface area contributed by atoms with Crippen LogP contribution in [0.4, 0.5) is 13.2 Å². The minimum atomic E-state index is -0.901. The van der Waals surface area contributed by atoms with E-state index in [1.807, 2.05) is 0 Å². The van der Waals surface area contributed by atoms with Crippen LogP contribution < -0.4 is 9.47 Å². The average Bonchev–Trinajstić information content (AvgIpc) is 3.55. The van der Waals surface area contributed by atoms with Crippen LogP contribution in [0.2, 0.25) is 0 Å². The van der Waals surface area contributed by atoms with Crippen LogP contribution in [0.5, 0.6) is 11.5 Å². The largest absolute Gasteiger partial charge is 0.497 e. The highest BCUT2D eigenvalue weighted by Gasteiger charge is 2.30. The maximum absolute atomic E-state index is 14.4. The molecule has 1 aliphatic heterocycles. The second kappa shape index (κ2) is 7.56. The van der Waals surface area contributed by atoms with Crippen molar-refractivity contribution in [3.8, 4) is 22.6 Å². The monoisotopic (exact) mass is 386 g/mol. The summed E-state index contributed by atoms with van der Waals surface area (Å²) in [7, 11) is 1.47. The third kappa shape index (κ3) is 3.68. The van der Waals surface area contributed by atoms with E-state index in [9.17, 15) is 13.2 Å². The molecule has 1 saturated heterocycles. The lowest BCUT2D eigenvalue weighted by molar-refractivity contribution is 0.299. The summed E-state index contributed by atoms with van der Waals surface area (Å²) in [5.74, 6) is -1.28. The summed E-state index contributed by atoms with van der Waals surface area (Å²) in [4.78, 5) is 0. The minimum absolute atomic E-state index is 0.0360. The molecule has 4 rings (SSSR count). The molecule has 3 nitrogen and oxygen atoms in total. The molecule has 1 unspecified atom stereocenters. The van der Waals surface area contributed by atoms with Crippen LogP contribution in [-0.2, 0) is 11.3 Å². The molecule has 28 heavy (non-hydrogen) atoms. The van der Waals surface area contributed by atoms with Crippen LogP contribution in [0.15, 0.2) is 54.6 Å². The highest BCUT2D eigenvalue weighted by molar-refractivity contribution is 5.65. The zero-order valence-corrected chi connectivity index (χ0v) is 15.0. The Balaban J connectivity index is 1.48. The van der Waals surface area contributed by atoms with Gasteiger partial charge in [0.2, 0.25) is 0 Å². The van der Waals surface area contributed by atoms with Crippen LogP contribution in [0, 0.1) is 17.5 Å². The number of hydrogen-bond acceptors (Lipinski definition) is 3. The van der Waals surface area contributed by atoms with Crippen LogP contribution in [0.3, 0.4) is 0 Å². The lowest BCUT2D eigenvalue weighted by Crippen LogP contribution is -1.99. The van der Waals surface area contributed by atoms with E-state index in [1.165, 1.54) is 19.2 Å². The molecule has 1 aliphatic rings. The highest BCUT2D eigenvalue weighted by Crippen LogP contribution is 2.36. The zero-order valence-electron chi connectivity index (χ0n) is 15.0. The SMILES string of the molecule is COc1ccc(COc2ccc(-c3ccc(C4CO4)c(F)c3F)cc2)c(F)c1. The molecule has 0 bridgehead atoms. The number of benzene rings is 3. The number of epoxide rings is 1. The van der Waals surface area contributed by atoms with Crippen LogP contribution >= 0.6 is 0 Å². The Morgan fingerprint density at radius 3 is 2.29 bits per heavy atom. The van der Waals surface area contributed by atoms with Crippen molar-refractivity contribution < 1.29 is 27.4 Å². The highest BCUT2D eigenvalue weighted by atomic mass is 19.2. The molecule has 0 N–H and O–H groups in total. The number of methoxy groups -OCH3 is 1. The Bertz CT molecular complexity index is 999. The van der Waals surface area contributed by atoms with Gasteiger partial charge in [0, 0.05) is 22.8 Å². The van der Waals surface area contributed by atoms with E-state index in [2.05, 4.69) is 0 Å². The standard InChI is InChI=1S/C22H17F3O3/c1-26-16-7-4-14(19(23)10-16)11-27-15-5-2-13(3-6-15)17-8-9-18(20-12-28-20)22(25)21(17)24/h2-10,20H,11-12H2,1H3. The summed E-state index contributed by atoms with van der Waals surface area (Å²) in [6, 6.07) is 14.1. The molecular formula is C22H17F3O3. The fourth-order valence-corrected chi connectivity index (χ4v) is 2.93. The smallest absolute Gasteiger partial charge is 0.167 e. The first-order valence-electron chi connectivity index (χ1n) is 8.72. The van der Waals surface area contributed by atoms with E-state index in [1.54, 1.807) is 42.5 Å². The van der Waals surface area contributed by atoms with Crippen molar-refractivity contribution in [3.63, 3.8) is 0 Å². The van der Waals surface area contributed by atoms with Crippen LogP contribution in [-0.4, -0.2) is 13.7 Å². The molecule has 0 radical (unpaired) electrons. The summed E-state index contributed by atoms with van der Waals surface area (Å²) >= 11 is 0. The molecular weight excluding hydrogens is 369 g/mol. The molecule has 0 aliphatic carbocycles. The van der Waals surface area contributed by atoms with Gasteiger partial charge in [-0.1, -0.05) is 24.3 Å². The van der Waals surface area contributed by atoms with Crippen molar-refractivity contribution in [2.75, 3.05) is 13.7 Å². The fourth-order valence-electron chi connectivity index (χ4n) is 2.93. The third-order valence-electron chi connectivity index (χ3n) is 4.61. The van der Waals surface area contributed by atoms with Gasteiger partial charge >= 0.3 is 0 Å². The molecule has 1 heterocycles. The Labute approximate surface area is 160 Å². The van der Waals surface area contributed by atoms with Crippen LogP contribution in [0.25, 0.3) is 11.1 Å². The summed E-state index contributed by atoms with van der Waals surface area (Å²) in [6.45, 7) is 0.449. The van der Waals surface area contributed by atoms with E-state index in [0.29, 0.717) is 29.2 Å². The summed E-state index contributed by atoms with van der Waals surface area (Å²) in [6.07, 6.45) is -0.349. The van der Waals surface area contributed by atoms with Gasteiger partial charge in [0.1, 0.15) is 30.0 Å². The topological polar surface area (TPSA) is 31.0 Å². The molecule has 0 spiro atoms. The lowest BCUT2D eigenvalue weighted by atomic mass is 10.0. The Morgan fingerprint density at radius 2 is 1.64 bits per heavy atom. The Kier molecular flexibility index (Phi) is 4.96. The first-order valence-corrected chi connectivity index (χ1v) is 8.72. The molecule has 1 fully saturated rings. The van der Waals surface area contributed by atoms with E-state index < -0.39 is 17.5 Å². The van der Waals surface area contributed by atoms with Crippen molar-refractivity contribution >= 4 is 0 Å². The van der Waals surface area contributed by atoms with Gasteiger partial charge in [0.05, 0.1) is 13.7 Å². The number of halogens is 3. The van der Waals surface area contributed by atoms with Gasteiger partial charge < -0.3 is 14.2 Å². The van der Waals surface area contributed by atoms with Gasteiger partial charge in [0.15, 0.2) is 11.6 Å². The van der Waals surface area contributed by atoms with Crippen molar-refractivity contribution in [2.45, 2.75) is 12.7 Å². The van der Waals surface area contributed by atoms with Gasteiger partial charge in [-0.25, -0.2) is 13.2 Å². The van der Waals surface area contributed by atoms with Crippen molar-refractivity contribution in [1.29, 1.82) is 0 Å². The van der Waals surface area contributed by atoms with Gasteiger partial charge in [-0.15, -0.1) is 0 Å². The second-order valence-corrected chi connectivity index (χ2v) is 6.42. The predicted octanol–water partition coefficient (Wildman–Crippen LogP) is 5.43. The normalized spacial score (nSPS) is 15.4. The van der Waals surface area contributed by atoms with E-state index in [-0.39, 0.29) is 23.8 Å². The van der Waals surface area contributed by atoms with E-state index in [4.69, 9.17) is 14.2 Å². The average molecular weight is 386 g/mol. The quantitative estimate of drug-likeness (QED) is 0.530. The number of ether oxygens (including phenoxy) is 3. The van der Waals surface area contributed by atoms with Crippen molar-refractivity contribution in [2.24, 2.45) is 0 Å². The summed E-state index contributed by atoms with van der Waals surface area (Å²) in [5, 5.41) is 0. The summed E-state index contributed by atoms with van der Waals surface area (Å²) < 4.78 is 58.1. The zero-order chi connectivity index (χ0) is 19.7. The predicted molar refractivity (Wildman–Crippen MR) is 97.8 cm³/mol. The van der Waals surface area contributed by atoms with Crippen LogP contribution in [0.1, 0.15) is 17.2 Å². The molecule has 3 aromatic rings. The maximum atomic E-state index is 14.4. The molecule has 6 heteroatoms. The van der Waals surface area contributed by atoms with Gasteiger partial charge in [-0.3, -0.25) is 0 Å². The maximum Gasteiger partial charge on any atom is 0.167 e. The van der Waals surface area contributed by atoms with Crippen molar-refractivity contribution in [1.82, 2.24) is 0 Å². The van der Waals surface area contributed by atoms with Gasteiger partial charge in [-0.05, 0) is 29.8 Å². The lowest BCUT2D eigenvalue weighted by Gasteiger charge is -2.10. The first-order chi connectivity index (χ1) is 13.6. The first kappa shape index (κ1) is 18.4. The second-order valence-electron chi connectivity index (χ2n) is 6.42. The van der Waals surface area contributed by atoms with Crippen molar-refractivity contribution in [3.05, 3.63) is 83.2 Å². The van der Waals surface area contributed by atoms with E-state index >= 15 is 0 Å². The molecule has 0 saturated carbocycles. The minimum Gasteiger partial charge on any atom is -0.497 e. The summed E-state index contributed by atoms with van der Waals surface area (Å²) in [5.41, 5.74) is 1.30. The Morgan fingerprint density at radius 1 is 0.929 bits per heavy atom. The number of hydrogen-bond donors (Lipinski definition) is 0.